The van der Waals surface area contributed by atoms with Crippen molar-refractivity contribution in [2.24, 2.45) is 0 Å². The van der Waals surface area contributed by atoms with Gasteiger partial charge < -0.3 is 10.0 Å². The van der Waals surface area contributed by atoms with Gasteiger partial charge in [-0.3, -0.25) is 4.90 Å². The van der Waals surface area contributed by atoms with Gasteiger partial charge in [0.15, 0.2) is 0 Å². The second-order valence-corrected chi connectivity index (χ2v) is 8.32. The van der Waals surface area contributed by atoms with Crippen LogP contribution in [-0.4, -0.2) is 65.4 Å². The molecule has 0 bridgehead atoms. The van der Waals surface area contributed by atoms with Crippen LogP contribution in [-0.2, 0) is 5.60 Å². The highest BCUT2D eigenvalue weighted by molar-refractivity contribution is 5.94. The van der Waals surface area contributed by atoms with E-state index in [1.807, 2.05) is 12.1 Å². The molecule has 2 atom stereocenters. The lowest BCUT2D eigenvalue weighted by molar-refractivity contribution is -0.0358. The monoisotopic (exact) mass is 480 g/mol. The predicted molar refractivity (Wildman–Crippen MR) is 121 cm³/mol. The fourth-order valence-corrected chi connectivity index (χ4v) is 4.31. The van der Waals surface area contributed by atoms with Crippen molar-refractivity contribution in [2.45, 2.75) is 18.6 Å². The lowest BCUT2D eigenvalue weighted by Gasteiger charge is -2.37. The molecule has 1 aliphatic heterocycles. The highest BCUT2D eigenvalue weighted by atomic mass is 19.1. The smallest absolute Gasteiger partial charge is 0.324 e. The van der Waals surface area contributed by atoms with Crippen LogP contribution < -0.4 is 4.90 Å². The van der Waals surface area contributed by atoms with Gasteiger partial charge in [-0.1, -0.05) is 11.3 Å². The topological polar surface area (TPSA) is 105 Å². The summed E-state index contributed by atoms with van der Waals surface area (Å²) in [4.78, 5) is 20.2. The summed E-state index contributed by atoms with van der Waals surface area (Å²) in [5.41, 5.74) is -0.584. The highest BCUT2D eigenvalue weighted by Crippen LogP contribution is 2.37. The van der Waals surface area contributed by atoms with Gasteiger partial charge in [0.2, 0.25) is 0 Å². The minimum atomic E-state index is -1.91. The number of hydrogen-bond donors (Lipinski definition) is 1. The summed E-state index contributed by atoms with van der Waals surface area (Å²) in [6.45, 7) is 2.08. The highest BCUT2D eigenvalue weighted by Gasteiger charge is 2.44. The van der Waals surface area contributed by atoms with E-state index in [-0.39, 0.29) is 18.1 Å². The largest absolute Gasteiger partial charge is 0.381 e. The second-order valence-electron chi connectivity index (χ2n) is 8.32. The Balaban J connectivity index is 1.41. The molecule has 1 fully saturated rings. The van der Waals surface area contributed by atoms with Gasteiger partial charge in [0, 0.05) is 30.4 Å². The van der Waals surface area contributed by atoms with Crippen molar-refractivity contribution >= 4 is 11.7 Å². The van der Waals surface area contributed by atoms with Crippen molar-refractivity contribution in [2.75, 3.05) is 24.5 Å². The van der Waals surface area contributed by atoms with E-state index in [2.05, 4.69) is 20.4 Å². The number of carbonyl (C=O) groups excluding carboxylic acids is 1. The first kappa shape index (κ1) is 22.6. The van der Waals surface area contributed by atoms with Gasteiger partial charge in [0.25, 0.3) is 0 Å². The molecule has 12 heteroatoms. The number of rotatable bonds is 7. The van der Waals surface area contributed by atoms with Gasteiger partial charge in [-0.15, -0.1) is 5.10 Å². The number of carbonyl (C=O) groups is 1. The van der Waals surface area contributed by atoms with E-state index in [0.29, 0.717) is 24.8 Å². The predicted octanol–water partition coefficient (Wildman–Crippen LogP) is 2.53. The zero-order valence-electron chi connectivity index (χ0n) is 18.7. The molecule has 2 amide bonds. The first-order chi connectivity index (χ1) is 16.9. The maximum Gasteiger partial charge on any atom is 0.324 e. The standard InChI is InChI=1S/C23H22F2N8O2/c1-16(33-15-26-14-28-33)23(35,20-7-2-17(24)12-21(20)25)13-30-10-11-31(22(30)34)18-3-5-19(6-4-18)32-9-8-27-29-32/h2-9,12,14-16,35H,10-11,13H2,1H3. The minimum Gasteiger partial charge on any atom is -0.381 e. The van der Waals surface area contributed by atoms with E-state index >= 15 is 0 Å². The Hall–Kier alpha value is -4.19. The van der Waals surface area contributed by atoms with E-state index in [0.717, 1.165) is 11.8 Å². The molecular formula is C23H22F2N8O2. The average molecular weight is 480 g/mol. The first-order valence-corrected chi connectivity index (χ1v) is 10.9. The van der Waals surface area contributed by atoms with Gasteiger partial charge >= 0.3 is 6.03 Å². The molecule has 4 aromatic rings. The summed E-state index contributed by atoms with van der Waals surface area (Å²) in [5.74, 6) is -1.67. The molecule has 180 valence electrons. The molecule has 0 spiro atoms. The van der Waals surface area contributed by atoms with Crippen LogP contribution in [0.3, 0.4) is 0 Å². The lowest BCUT2D eigenvalue weighted by atomic mass is 9.86. The van der Waals surface area contributed by atoms with Crippen molar-refractivity contribution in [3.05, 3.63) is 84.7 Å². The Morgan fingerprint density at radius 3 is 2.54 bits per heavy atom. The SMILES string of the molecule is CC(n1cncn1)C(O)(CN1CCN(c2ccc(-n3ccnn3)cc2)C1=O)c1ccc(F)cc1F. The summed E-state index contributed by atoms with van der Waals surface area (Å²) in [6, 6.07) is 9.05. The molecule has 5 rings (SSSR count). The summed E-state index contributed by atoms with van der Waals surface area (Å²) in [6.07, 6.45) is 5.97. The average Bonchev–Trinajstić information content (AvgIpc) is 3.62. The second kappa shape index (κ2) is 8.87. The Labute approximate surface area is 199 Å². The van der Waals surface area contributed by atoms with Gasteiger partial charge in [-0.2, -0.15) is 5.10 Å². The molecule has 2 aromatic heterocycles. The molecule has 1 N–H and O–H groups in total. The van der Waals surface area contributed by atoms with Crippen molar-refractivity contribution < 1.29 is 18.7 Å². The minimum absolute atomic E-state index is 0.134. The third kappa shape index (κ3) is 4.12. The molecule has 2 unspecified atom stereocenters. The Bertz CT molecular complexity index is 1310. The van der Waals surface area contributed by atoms with Crippen LogP contribution in [0.4, 0.5) is 19.3 Å². The molecule has 0 saturated carbocycles. The molecule has 3 heterocycles. The third-order valence-electron chi connectivity index (χ3n) is 6.30. The fraction of sp³-hybridized carbons (Fsp3) is 0.261. The van der Waals surface area contributed by atoms with Crippen LogP contribution in [0.15, 0.2) is 67.5 Å². The van der Waals surface area contributed by atoms with Crippen molar-refractivity contribution in [3.8, 4) is 5.69 Å². The number of nitrogens with zero attached hydrogens (tertiary/aromatic N) is 8. The van der Waals surface area contributed by atoms with E-state index in [9.17, 15) is 18.7 Å². The first-order valence-electron chi connectivity index (χ1n) is 10.9. The number of amides is 2. The number of urea groups is 1. The number of hydrogen-bond acceptors (Lipinski definition) is 6. The van der Waals surface area contributed by atoms with Crippen LogP contribution in [0, 0.1) is 11.6 Å². The molecular weight excluding hydrogens is 458 g/mol. The lowest BCUT2D eigenvalue weighted by Crippen LogP contribution is -2.48. The van der Waals surface area contributed by atoms with Crippen molar-refractivity contribution in [1.29, 1.82) is 0 Å². The Morgan fingerprint density at radius 1 is 1.11 bits per heavy atom. The Morgan fingerprint density at radius 2 is 1.89 bits per heavy atom. The number of anilines is 1. The van der Waals surface area contributed by atoms with Gasteiger partial charge in [0.1, 0.15) is 29.9 Å². The molecule has 0 radical (unpaired) electrons. The zero-order valence-corrected chi connectivity index (χ0v) is 18.7. The van der Waals surface area contributed by atoms with Crippen LogP contribution >= 0.6 is 0 Å². The van der Waals surface area contributed by atoms with E-state index < -0.39 is 23.3 Å². The van der Waals surface area contributed by atoms with E-state index in [1.54, 1.807) is 41.0 Å². The zero-order chi connectivity index (χ0) is 24.6. The number of halogens is 2. The third-order valence-corrected chi connectivity index (χ3v) is 6.30. The molecule has 1 aliphatic rings. The van der Waals surface area contributed by atoms with Crippen molar-refractivity contribution in [1.82, 2.24) is 34.7 Å². The summed E-state index contributed by atoms with van der Waals surface area (Å²) in [7, 11) is 0. The van der Waals surface area contributed by atoms with Gasteiger partial charge in [0.05, 0.1) is 30.7 Å². The van der Waals surface area contributed by atoms with Crippen LogP contribution in [0.25, 0.3) is 5.69 Å². The number of benzene rings is 2. The number of aliphatic hydroxyl groups is 1. The maximum absolute atomic E-state index is 14.8. The van der Waals surface area contributed by atoms with Gasteiger partial charge in [-0.05, 0) is 37.3 Å². The maximum atomic E-state index is 14.8. The van der Waals surface area contributed by atoms with Gasteiger partial charge in [-0.25, -0.2) is 27.9 Å². The summed E-state index contributed by atoms with van der Waals surface area (Å²) in [5, 5.41) is 23.6. The molecule has 10 nitrogen and oxygen atoms in total. The normalized spacial score (nSPS) is 16.5. The van der Waals surface area contributed by atoms with Crippen molar-refractivity contribution in [3.63, 3.8) is 0 Å². The van der Waals surface area contributed by atoms with E-state index in [1.165, 1.54) is 28.3 Å². The quantitative estimate of drug-likeness (QED) is 0.436. The summed E-state index contributed by atoms with van der Waals surface area (Å²) < 4.78 is 31.4. The number of aromatic nitrogens is 6. The number of β-amino-alcohol motifs (C(OH)–C–C–N with tert-alkyl or cyclic N) is 1. The molecule has 35 heavy (non-hydrogen) atoms. The van der Waals surface area contributed by atoms with Crippen LogP contribution in [0.2, 0.25) is 0 Å². The molecule has 2 aromatic carbocycles. The van der Waals surface area contributed by atoms with E-state index in [4.69, 9.17) is 0 Å². The molecule has 0 aliphatic carbocycles. The van der Waals surface area contributed by atoms with Crippen LogP contribution in [0.1, 0.15) is 18.5 Å². The van der Waals surface area contributed by atoms with Crippen LogP contribution in [0.5, 0.6) is 0 Å². The summed E-state index contributed by atoms with van der Waals surface area (Å²) >= 11 is 0. The molecule has 1 saturated heterocycles. The Kier molecular flexibility index (Phi) is 5.73. The fourth-order valence-electron chi connectivity index (χ4n) is 4.31.